The van der Waals surface area contributed by atoms with Crippen molar-refractivity contribution >= 4 is 17.5 Å². The number of carbonyl (C=O) groups is 2. The first kappa shape index (κ1) is 19.4. The Labute approximate surface area is 170 Å². The first-order chi connectivity index (χ1) is 13.6. The molecule has 0 N–H and O–H groups in total. The summed E-state index contributed by atoms with van der Waals surface area (Å²) >= 11 is 0. The maximum Gasteiger partial charge on any atom is 0.262 e. The maximum absolute atomic E-state index is 14.1. The van der Waals surface area contributed by atoms with Gasteiger partial charge in [0.1, 0.15) is 5.82 Å². The highest BCUT2D eigenvalue weighted by atomic mass is 19.1. The molecule has 0 radical (unpaired) electrons. The standard InChI is InChI=1S/C24H25FN2O2/c1-15-6-8-17(9-7-15)14-26-21(28)12-16(2)24(26)19-11-10-18(25)13-20(19)27(22(24)29)23(3,4)5/h6-13H,14H2,1-5H3. The van der Waals surface area contributed by atoms with Crippen LogP contribution in [0.4, 0.5) is 10.1 Å². The van der Waals surface area contributed by atoms with Gasteiger partial charge in [-0.15, -0.1) is 0 Å². The van der Waals surface area contributed by atoms with Gasteiger partial charge in [0.15, 0.2) is 5.54 Å². The van der Waals surface area contributed by atoms with E-state index in [-0.39, 0.29) is 11.8 Å². The number of fused-ring (bicyclic) bond motifs is 2. The molecule has 0 aliphatic carbocycles. The van der Waals surface area contributed by atoms with Crippen molar-refractivity contribution in [3.63, 3.8) is 0 Å². The molecule has 0 bridgehead atoms. The zero-order valence-electron chi connectivity index (χ0n) is 17.4. The summed E-state index contributed by atoms with van der Waals surface area (Å²) in [6.45, 7) is 9.86. The maximum atomic E-state index is 14.1. The predicted molar refractivity (Wildman–Crippen MR) is 111 cm³/mol. The highest BCUT2D eigenvalue weighted by molar-refractivity contribution is 6.15. The molecule has 0 saturated heterocycles. The van der Waals surface area contributed by atoms with E-state index < -0.39 is 16.9 Å². The monoisotopic (exact) mass is 392 g/mol. The van der Waals surface area contributed by atoms with E-state index in [1.807, 2.05) is 58.9 Å². The fraction of sp³-hybridized carbons (Fsp3) is 0.333. The highest BCUT2D eigenvalue weighted by Crippen LogP contribution is 2.53. The summed E-state index contributed by atoms with van der Waals surface area (Å²) in [7, 11) is 0. The molecule has 0 fully saturated rings. The van der Waals surface area contributed by atoms with Gasteiger partial charge >= 0.3 is 0 Å². The third-order valence-electron chi connectivity index (χ3n) is 5.82. The number of benzene rings is 2. The van der Waals surface area contributed by atoms with E-state index in [4.69, 9.17) is 0 Å². The number of nitrogens with zero attached hydrogens (tertiary/aromatic N) is 2. The van der Waals surface area contributed by atoms with Crippen LogP contribution < -0.4 is 4.90 Å². The van der Waals surface area contributed by atoms with E-state index in [1.165, 1.54) is 18.2 Å². The highest BCUT2D eigenvalue weighted by Gasteiger charge is 2.61. The van der Waals surface area contributed by atoms with E-state index in [9.17, 15) is 14.0 Å². The zero-order valence-corrected chi connectivity index (χ0v) is 17.4. The molecule has 4 nitrogen and oxygen atoms in total. The summed E-state index contributed by atoms with van der Waals surface area (Å²) in [5, 5.41) is 0. The minimum absolute atomic E-state index is 0.206. The van der Waals surface area contributed by atoms with Crippen LogP contribution in [0.15, 0.2) is 54.1 Å². The molecule has 2 aliphatic heterocycles. The molecule has 2 aromatic rings. The molecule has 1 unspecified atom stereocenters. The lowest BCUT2D eigenvalue weighted by atomic mass is 9.84. The van der Waals surface area contributed by atoms with Gasteiger partial charge in [-0.2, -0.15) is 0 Å². The third-order valence-corrected chi connectivity index (χ3v) is 5.82. The SMILES string of the molecule is CC1=CC(=O)N(Cc2ccc(C)cc2)C12C(=O)N(C(C)(C)C)c1cc(F)ccc12. The van der Waals surface area contributed by atoms with Crippen molar-refractivity contribution in [1.29, 1.82) is 0 Å². The molecular formula is C24H25FN2O2. The van der Waals surface area contributed by atoms with Gasteiger partial charge in [-0.3, -0.25) is 9.59 Å². The average molecular weight is 392 g/mol. The smallest absolute Gasteiger partial charge is 0.262 e. The quantitative estimate of drug-likeness (QED) is 0.757. The second-order valence-corrected chi connectivity index (χ2v) is 8.92. The summed E-state index contributed by atoms with van der Waals surface area (Å²) < 4.78 is 14.1. The van der Waals surface area contributed by atoms with Crippen LogP contribution in [0.5, 0.6) is 0 Å². The molecular weight excluding hydrogens is 367 g/mol. The Bertz CT molecular complexity index is 1050. The molecule has 1 spiro atoms. The van der Waals surface area contributed by atoms with E-state index >= 15 is 0 Å². The summed E-state index contributed by atoms with van der Waals surface area (Å²) in [5.41, 5.74) is 2.12. The molecule has 150 valence electrons. The number of amides is 2. The van der Waals surface area contributed by atoms with Crippen LogP contribution in [0.25, 0.3) is 0 Å². The van der Waals surface area contributed by atoms with E-state index in [2.05, 4.69) is 0 Å². The molecule has 0 saturated carbocycles. The van der Waals surface area contributed by atoms with Crippen molar-refractivity contribution in [2.75, 3.05) is 4.90 Å². The molecule has 0 aromatic heterocycles. The Morgan fingerprint density at radius 2 is 1.66 bits per heavy atom. The zero-order chi connectivity index (χ0) is 21.1. The number of rotatable bonds is 2. The Hall–Kier alpha value is -2.95. The largest absolute Gasteiger partial charge is 0.313 e. The molecule has 2 aromatic carbocycles. The Morgan fingerprint density at radius 3 is 2.28 bits per heavy atom. The number of aryl methyl sites for hydroxylation is 1. The van der Waals surface area contributed by atoms with Crippen LogP contribution in [-0.4, -0.2) is 22.3 Å². The molecule has 2 heterocycles. The molecule has 2 amide bonds. The van der Waals surface area contributed by atoms with E-state index in [1.54, 1.807) is 15.9 Å². The summed E-state index contributed by atoms with van der Waals surface area (Å²) in [5.74, 6) is -0.821. The lowest BCUT2D eigenvalue weighted by Crippen LogP contribution is -2.55. The molecule has 4 rings (SSSR count). The summed E-state index contributed by atoms with van der Waals surface area (Å²) in [4.78, 5) is 30.2. The van der Waals surface area contributed by atoms with Gasteiger partial charge in [-0.05, 0) is 57.9 Å². The first-order valence-corrected chi connectivity index (χ1v) is 9.77. The van der Waals surface area contributed by atoms with Gasteiger partial charge in [-0.25, -0.2) is 4.39 Å². The van der Waals surface area contributed by atoms with Crippen LogP contribution in [0.3, 0.4) is 0 Å². The van der Waals surface area contributed by atoms with Crippen molar-refractivity contribution in [2.45, 2.75) is 52.2 Å². The number of halogens is 1. The van der Waals surface area contributed by atoms with Gasteiger partial charge in [0.05, 0.1) is 5.69 Å². The topological polar surface area (TPSA) is 40.6 Å². The molecule has 5 heteroatoms. The van der Waals surface area contributed by atoms with Crippen LogP contribution in [0, 0.1) is 12.7 Å². The van der Waals surface area contributed by atoms with Gasteiger partial charge < -0.3 is 9.80 Å². The molecule has 1 atom stereocenters. The van der Waals surface area contributed by atoms with Gasteiger partial charge in [-0.1, -0.05) is 35.9 Å². The molecule has 29 heavy (non-hydrogen) atoms. The Kier molecular flexibility index (Phi) is 4.19. The lowest BCUT2D eigenvalue weighted by molar-refractivity contribution is -0.139. The van der Waals surface area contributed by atoms with E-state index in [0.29, 0.717) is 23.4 Å². The van der Waals surface area contributed by atoms with E-state index in [0.717, 1.165) is 11.1 Å². The third kappa shape index (κ3) is 2.71. The van der Waals surface area contributed by atoms with Crippen molar-refractivity contribution in [3.05, 3.63) is 76.6 Å². The Balaban J connectivity index is 1.92. The van der Waals surface area contributed by atoms with Crippen molar-refractivity contribution in [2.24, 2.45) is 0 Å². The van der Waals surface area contributed by atoms with Gasteiger partial charge in [0.2, 0.25) is 5.91 Å². The average Bonchev–Trinajstić information content (AvgIpc) is 3.02. The first-order valence-electron chi connectivity index (χ1n) is 9.77. The fourth-order valence-electron chi connectivity index (χ4n) is 4.51. The van der Waals surface area contributed by atoms with Crippen molar-refractivity contribution < 1.29 is 14.0 Å². The van der Waals surface area contributed by atoms with Gasteiger partial charge in [0, 0.05) is 23.7 Å². The van der Waals surface area contributed by atoms with Crippen LogP contribution >= 0.6 is 0 Å². The number of anilines is 1. The minimum atomic E-state index is -1.24. The van der Waals surface area contributed by atoms with Crippen LogP contribution in [-0.2, 0) is 21.7 Å². The van der Waals surface area contributed by atoms with Crippen molar-refractivity contribution in [1.82, 2.24) is 4.90 Å². The number of carbonyl (C=O) groups excluding carboxylic acids is 2. The minimum Gasteiger partial charge on any atom is -0.313 e. The lowest BCUT2D eigenvalue weighted by Gasteiger charge is -2.38. The predicted octanol–water partition coefficient (Wildman–Crippen LogP) is 4.46. The second kappa shape index (κ2) is 6.28. The normalized spacial score (nSPS) is 21.2. The molecule has 2 aliphatic rings. The Morgan fingerprint density at radius 1 is 1.00 bits per heavy atom. The second-order valence-electron chi connectivity index (χ2n) is 8.92. The summed E-state index contributed by atoms with van der Waals surface area (Å²) in [6.07, 6.45) is 1.53. The van der Waals surface area contributed by atoms with Crippen molar-refractivity contribution in [3.8, 4) is 0 Å². The van der Waals surface area contributed by atoms with Gasteiger partial charge in [0.25, 0.3) is 5.91 Å². The van der Waals surface area contributed by atoms with Crippen LogP contribution in [0.2, 0.25) is 0 Å². The van der Waals surface area contributed by atoms with Crippen LogP contribution in [0.1, 0.15) is 44.4 Å². The summed E-state index contributed by atoms with van der Waals surface area (Å²) in [6, 6.07) is 12.3. The fourth-order valence-corrected chi connectivity index (χ4v) is 4.51. The number of hydrogen-bond acceptors (Lipinski definition) is 2. The number of hydrogen-bond donors (Lipinski definition) is 0.